The number of hydrogen-bond donors (Lipinski definition) is 1. The number of aryl methyl sites for hydroxylation is 1. The first-order chi connectivity index (χ1) is 14.7. The van der Waals surface area contributed by atoms with E-state index in [0.29, 0.717) is 31.2 Å². The minimum atomic E-state index is -0.000297. The highest BCUT2D eigenvalue weighted by molar-refractivity contribution is 5.76. The predicted molar refractivity (Wildman–Crippen MR) is 118 cm³/mol. The molecule has 0 saturated heterocycles. The van der Waals surface area contributed by atoms with Gasteiger partial charge in [-0.3, -0.25) is 9.69 Å². The molecule has 0 fully saturated rings. The monoisotopic (exact) mass is 406 g/mol. The molecule has 30 heavy (non-hydrogen) atoms. The quantitative estimate of drug-likeness (QED) is 0.525. The Morgan fingerprint density at radius 3 is 2.33 bits per heavy atom. The summed E-state index contributed by atoms with van der Waals surface area (Å²) in [5, 5.41) is 11.2. The summed E-state index contributed by atoms with van der Waals surface area (Å²) in [6, 6.07) is 20.3. The zero-order chi connectivity index (χ0) is 21.2. The van der Waals surface area contributed by atoms with E-state index < -0.39 is 0 Å². The zero-order valence-electron chi connectivity index (χ0n) is 17.8. The molecule has 0 saturated carbocycles. The van der Waals surface area contributed by atoms with Gasteiger partial charge in [-0.25, -0.2) is 0 Å². The third-order valence-electron chi connectivity index (χ3n) is 5.23. The minimum absolute atomic E-state index is 0.000297. The van der Waals surface area contributed by atoms with Crippen molar-refractivity contribution in [1.29, 1.82) is 0 Å². The molecule has 1 N–H and O–H groups in total. The molecule has 1 heterocycles. The van der Waals surface area contributed by atoms with Crippen LogP contribution in [-0.2, 0) is 17.6 Å². The van der Waals surface area contributed by atoms with Crippen LogP contribution in [0.15, 0.2) is 65.1 Å². The van der Waals surface area contributed by atoms with E-state index in [0.717, 1.165) is 25.1 Å². The molecule has 6 heteroatoms. The lowest BCUT2D eigenvalue weighted by molar-refractivity contribution is -0.121. The van der Waals surface area contributed by atoms with Gasteiger partial charge in [-0.1, -0.05) is 62.4 Å². The van der Waals surface area contributed by atoms with Gasteiger partial charge in [0.15, 0.2) is 0 Å². The van der Waals surface area contributed by atoms with Crippen molar-refractivity contribution in [2.75, 3.05) is 19.6 Å². The maximum Gasteiger partial charge on any atom is 0.247 e. The van der Waals surface area contributed by atoms with Crippen molar-refractivity contribution >= 4 is 5.91 Å². The van der Waals surface area contributed by atoms with Gasteiger partial charge in [-0.2, -0.15) is 0 Å². The van der Waals surface area contributed by atoms with Crippen LogP contribution >= 0.6 is 0 Å². The number of likely N-dealkylation sites (N-methyl/N-ethyl adjacent to an activating group) is 1. The summed E-state index contributed by atoms with van der Waals surface area (Å²) in [6.07, 6.45) is 1.67. The number of hydrogen-bond acceptors (Lipinski definition) is 5. The van der Waals surface area contributed by atoms with Crippen LogP contribution in [0.4, 0.5) is 0 Å². The molecule has 1 aromatic heterocycles. The Morgan fingerprint density at radius 1 is 1.00 bits per heavy atom. The number of nitrogens with one attached hydrogen (secondary N) is 1. The van der Waals surface area contributed by atoms with Gasteiger partial charge in [0.05, 0.1) is 0 Å². The molecule has 0 aliphatic carbocycles. The van der Waals surface area contributed by atoms with E-state index in [9.17, 15) is 4.79 Å². The van der Waals surface area contributed by atoms with Crippen LogP contribution in [0.25, 0.3) is 11.5 Å². The third-order valence-corrected chi connectivity index (χ3v) is 5.23. The smallest absolute Gasteiger partial charge is 0.247 e. The summed E-state index contributed by atoms with van der Waals surface area (Å²) in [7, 11) is 0. The first-order valence-electron chi connectivity index (χ1n) is 10.6. The van der Waals surface area contributed by atoms with Crippen molar-refractivity contribution in [2.45, 2.75) is 39.2 Å². The average molecular weight is 407 g/mol. The van der Waals surface area contributed by atoms with Gasteiger partial charge in [0.2, 0.25) is 17.7 Å². The molecule has 3 aromatic rings. The van der Waals surface area contributed by atoms with Crippen molar-refractivity contribution in [2.24, 2.45) is 0 Å². The van der Waals surface area contributed by atoms with Crippen LogP contribution in [0, 0.1) is 0 Å². The molecule has 3 rings (SSSR count). The van der Waals surface area contributed by atoms with E-state index in [1.807, 2.05) is 36.4 Å². The van der Waals surface area contributed by atoms with E-state index in [2.05, 4.69) is 58.5 Å². The molecule has 0 bridgehead atoms. The van der Waals surface area contributed by atoms with Crippen LogP contribution in [0.5, 0.6) is 0 Å². The fraction of sp³-hybridized carbons (Fsp3) is 0.375. The van der Waals surface area contributed by atoms with Crippen molar-refractivity contribution < 1.29 is 9.21 Å². The van der Waals surface area contributed by atoms with Crippen LogP contribution in [0.1, 0.15) is 31.7 Å². The van der Waals surface area contributed by atoms with Crippen molar-refractivity contribution in [3.05, 3.63) is 72.1 Å². The van der Waals surface area contributed by atoms with E-state index in [-0.39, 0.29) is 11.9 Å². The molecule has 158 valence electrons. The summed E-state index contributed by atoms with van der Waals surface area (Å²) in [5.41, 5.74) is 2.16. The first kappa shape index (κ1) is 21.7. The number of rotatable bonds is 11. The second-order valence-electron chi connectivity index (χ2n) is 7.24. The van der Waals surface area contributed by atoms with Crippen LogP contribution < -0.4 is 5.32 Å². The molecular formula is C24H30N4O2. The summed E-state index contributed by atoms with van der Waals surface area (Å²) in [4.78, 5) is 14.8. The lowest BCUT2D eigenvalue weighted by atomic mass is 10.0. The van der Waals surface area contributed by atoms with Gasteiger partial charge >= 0.3 is 0 Å². The molecule has 1 amide bonds. The van der Waals surface area contributed by atoms with Crippen LogP contribution in [-0.4, -0.2) is 46.7 Å². The zero-order valence-corrected chi connectivity index (χ0v) is 17.8. The number of amides is 1. The van der Waals surface area contributed by atoms with Crippen LogP contribution in [0.3, 0.4) is 0 Å². The van der Waals surface area contributed by atoms with E-state index >= 15 is 0 Å². The summed E-state index contributed by atoms with van der Waals surface area (Å²) >= 11 is 0. The van der Waals surface area contributed by atoms with Gasteiger partial charge in [0, 0.05) is 31.0 Å². The third kappa shape index (κ3) is 6.26. The Hall–Kier alpha value is -2.99. The van der Waals surface area contributed by atoms with Gasteiger partial charge < -0.3 is 9.73 Å². The number of aromatic nitrogens is 2. The molecule has 0 aliphatic heterocycles. The topological polar surface area (TPSA) is 71.3 Å². The van der Waals surface area contributed by atoms with Crippen molar-refractivity contribution in [1.82, 2.24) is 20.4 Å². The van der Waals surface area contributed by atoms with Crippen LogP contribution in [0.2, 0.25) is 0 Å². The Labute approximate surface area is 178 Å². The molecular weight excluding hydrogens is 376 g/mol. The Bertz CT molecular complexity index is 892. The lowest BCUT2D eigenvalue weighted by Gasteiger charge is -2.30. The molecule has 6 nitrogen and oxygen atoms in total. The summed E-state index contributed by atoms with van der Waals surface area (Å²) < 4.78 is 5.69. The highest BCUT2D eigenvalue weighted by atomic mass is 16.4. The lowest BCUT2D eigenvalue weighted by Crippen LogP contribution is -2.45. The molecule has 1 atom stereocenters. The average Bonchev–Trinajstić information content (AvgIpc) is 3.27. The number of carbonyl (C=O) groups is 1. The SMILES string of the molecule is CCN(CC)C(CNC(=O)CCc1nnc(-c2ccccc2)o1)Cc1ccccc1. The molecule has 2 aromatic carbocycles. The molecule has 1 unspecified atom stereocenters. The van der Waals surface area contributed by atoms with Gasteiger partial charge in [0.1, 0.15) is 0 Å². The Balaban J connectivity index is 1.51. The van der Waals surface area contributed by atoms with Gasteiger partial charge in [-0.05, 0) is 37.2 Å². The second kappa shape index (κ2) is 11.3. The van der Waals surface area contributed by atoms with Crippen molar-refractivity contribution in [3.8, 4) is 11.5 Å². The highest BCUT2D eigenvalue weighted by Crippen LogP contribution is 2.17. The summed E-state index contributed by atoms with van der Waals surface area (Å²) in [5.74, 6) is 0.962. The Kier molecular flexibility index (Phi) is 8.15. The highest BCUT2D eigenvalue weighted by Gasteiger charge is 2.18. The normalized spacial score (nSPS) is 12.1. The Morgan fingerprint density at radius 2 is 1.67 bits per heavy atom. The van der Waals surface area contributed by atoms with Gasteiger partial charge in [0.25, 0.3) is 0 Å². The second-order valence-corrected chi connectivity index (χ2v) is 7.24. The first-order valence-corrected chi connectivity index (χ1v) is 10.6. The largest absolute Gasteiger partial charge is 0.421 e. The maximum absolute atomic E-state index is 12.4. The molecule has 0 radical (unpaired) electrons. The molecule has 0 spiro atoms. The van der Waals surface area contributed by atoms with E-state index in [1.54, 1.807) is 0 Å². The minimum Gasteiger partial charge on any atom is -0.421 e. The van der Waals surface area contributed by atoms with E-state index in [1.165, 1.54) is 5.56 Å². The fourth-order valence-electron chi connectivity index (χ4n) is 3.55. The van der Waals surface area contributed by atoms with Crippen molar-refractivity contribution in [3.63, 3.8) is 0 Å². The molecule has 0 aliphatic rings. The fourth-order valence-corrected chi connectivity index (χ4v) is 3.55. The number of benzene rings is 2. The number of nitrogens with zero attached hydrogens (tertiary/aromatic N) is 3. The predicted octanol–water partition coefficient (Wildman–Crippen LogP) is 3.74. The standard InChI is InChI=1S/C24H30N4O2/c1-3-28(4-2)21(17-19-11-7-5-8-12-19)18-25-22(29)15-16-23-26-27-24(30-23)20-13-9-6-10-14-20/h5-14,21H,3-4,15-18H2,1-2H3,(H,25,29). The van der Waals surface area contributed by atoms with Gasteiger partial charge in [-0.15, -0.1) is 10.2 Å². The number of carbonyl (C=O) groups excluding carboxylic acids is 1. The maximum atomic E-state index is 12.4. The van der Waals surface area contributed by atoms with E-state index in [4.69, 9.17) is 4.42 Å². The summed E-state index contributed by atoms with van der Waals surface area (Å²) in [6.45, 7) is 6.84.